The van der Waals surface area contributed by atoms with Crippen LogP contribution in [0.2, 0.25) is 0 Å². The van der Waals surface area contributed by atoms with Crippen molar-refractivity contribution >= 4 is 23.3 Å². The van der Waals surface area contributed by atoms with E-state index in [1.165, 1.54) is 31.0 Å². The molecule has 2 heterocycles. The number of nitrogens with zero attached hydrogens (tertiary/aromatic N) is 4. The van der Waals surface area contributed by atoms with E-state index in [1.807, 2.05) is 11.8 Å². The van der Waals surface area contributed by atoms with Gasteiger partial charge in [0.25, 0.3) is 0 Å². The molecule has 32 heavy (non-hydrogen) atoms. The van der Waals surface area contributed by atoms with E-state index in [0.717, 1.165) is 13.1 Å². The molecule has 0 saturated carbocycles. The minimum atomic E-state index is -0.492. The Balaban J connectivity index is 1.84. The highest BCUT2D eigenvalue weighted by Crippen LogP contribution is 2.29. The fraction of sp³-hybridized carbons (Fsp3) is 0.435. The zero-order valence-electron chi connectivity index (χ0n) is 19.3. The second-order valence-corrected chi connectivity index (χ2v) is 7.72. The number of hydroxylamine groups is 1. The Labute approximate surface area is 188 Å². The average molecular weight is 442 g/mol. The molecule has 2 N–H and O–H groups in total. The smallest absolute Gasteiger partial charge is 0.339 e. The number of hydrogen-bond acceptors (Lipinski definition) is 7. The number of ether oxygens (including phenoxy) is 2. The van der Waals surface area contributed by atoms with Gasteiger partial charge in [0.05, 0.1) is 25.5 Å². The van der Waals surface area contributed by atoms with E-state index < -0.39 is 5.97 Å². The van der Waals surface area contributed by atoms with Gasteiger partial charge < -0.3 is 19.3 Å². The first-order valence-corrected chi connectivity index (χ1v) is 10.6. The number of anilines is 1. The van der Waals surface area contributed by atoms with Crippen molar-refractivity contribution in [1.29, 1.82) is 0 Å². The first-order chi connectivity index (χ1) is 15.4. The van der Waals surface area contributed by atoms with Crippen LogP contribution in [-0.2, 0) is 11.2 Å². The largest absolute Gasteiger partial charge is 0.479 e. The third-order valence-electron chi connectivity index (χ3n) is 5.46. The van der Waals surface area contributed by atoms with Gasteiger partial charge in [-0.3, -0.25) is 5.21 Å². The lowest BCUT2D eigenvalue weighted by Gasteiger charge is -2.37. The van der Waals surface area contributed by atoms with Gasteiger partial charge in [-0.15, -0.1) is 0 Å². The predicted octanol–water partition coefficient (Wildman–Crippen LogP) is 2.84. The number of guanidine groups is 1. The maximum absolute atomic E-state index is 12.2. The summed E-state index contributed by atoms with van der Waals surface area (Å²) in [5.74, 6) is 0.0513. The summed E-state index contributed by atoms with van der Waals surface area (Å²) in [6.07, 6.45) is 0.538. The van der Waals surface area contributed by atoms with Crippen molar-refractivity contribution < 1.29 is 19.5 Å². The van der Waals surface area contributed by atoms with E-state index in [9.17, 15) is 10.0 Å². The highest BCUT2D eigenvalue weighted by molar-refractivity contribution is 5.92. The van der Waals surface area contributed by atoms with Crippen LogP contribution in [0.4, 0.5) is 11.4 Å². The van der Waals surface area contributed by atoms with Crippen LogP contribution >= 0.6 is 0 Å². The molecular weight excluding hydrogens is 410 g/mol. The van der Waals surface area contributed by atoms with Crippen molar-refractivity contribution in [2.24, 2.45) is 4.99 Å². The number of benzene rings is 1. The number of hydrogen-bond donors (Lipinski definition) is 2. The van der Waals surface area contributed by atoms with Crippen LogP contribution in [-0.4, -0.2) is 67.4 Å². The Morgan fingerprint density at radius 2 is 1.78 bits per heavy atom. The van der Waals surface area contributed by atoms with Crippen molar-refractivity contribution in [2.75, 3.05) is 45.3 Å². The monoisotopic (exact) mass is 441 g/mol. The summed E-state index contributed by atoms with van der Waals surface area (Å²) >= 11 is 0. The van der Waals surface area contributed by atoms with Crippen molar-refractivity contribution in [1.82, 2.24) is 15.4 Å². The molecule has 9 nitrogen and oxygen atoms in total. The van der Waals surface area contributed by atoms with Crippen LogP contribution in [0.15, 0.2) is 29.3 Å². The summed E-state index contributed by atoms with van der Waals surface area (Å²) < 4.78 is 10.3. The number of methoxy groups -OCH3 is 2. The molecule has 0 amide bonds. The van der Waals surface area contributed by atoms with E-state index in [0.29, 0.717) is 36.5 Å². The van der Waals surface area contributed by atoms with Crippen LogP contribution < -0.4 is 15.1 Å². The Hall–Kier alpha value is -3.33. The standard InChI is InChI=1S/C23H31N5O4/c1-6-19-18(22(29)32-5)14-20(21(24-19)31-4)25-23(26-30)28-9-7-27(8-10-28)17-12-15(2)11-16(3)13-17/h11-14,30H,6-10H2,1-5H3,(H,25,26). The second kappa shape index (κ2) is 10.3. The van der Waals surface area contributed by atoms with Crippen molar-refractivity contribution in [3.8, 4) is 5.88 Å². The molecule has 0 bridgehead atoms. The number of nitrogens with one attached hydrogen (secondary N) is 1. The van der Waals surface area contributed by atoms with Crippen LogP contribution in [0.3, 0.4) is 0 Å². The number of aromatic nitrogens is 1. The number of aryl methyl sites for hydroxylation is 3. The number of carbonyl (C=O) groups is 1. The molecule has 0 unspecified atom stereocenters. The summed E-state index contributed by atoms with van der Waals surface area (Å²) in [6.45, 7) is 8.97. The zero-order valence-corrected chi connectivity index (χ0v) is 19.3. The lowest BCUT2D eigenvalue weighted by atomic mass is 10.1. The minimum absolute atomic E-state index is 0.269. The fourth-order valence-corrected chi connectivity index (χ4v) is 3.90. The van der Waals surface area contributed by atoms with E-state index in [4.69, 9.17) is 9.47 Å². The molecule has 0 radical (unpaired) electrons. The molecule has 1 aliphatic rings. The van der Waals surface area contributed by atoms with Gasteiger partial charge in [-0.1, -0.05) is 13.0 Å². The van der Waals surface area contributed by atoms with Gasteiger partial charge >= 0.3 is 5.97 Å². The Bertz CT molecular complexity index is 980. The predicted molar refractivity (Wildman–Crippen MR) is 123 cm³/mol. The highest BCUT2D eigenvalue weighted by Gasteiger charge is 2.22. The van der Waals surface area contributed by atoms with Crippen molar-refractivity contribution in [2.45, 2.75) is 27.2 Å². The molecule has 1 saturated heterocycles. The highest BCUT2D eigenvalue weighted by atomic mass is 16.5. The average Bonchev–Trinajstić information content (AvgIpc) is 2.81. The van der Waals surface area contributed by atoms with E-state index in [-0.39, 0.29) is 11.8 Å². The Morgan fingerprint density at radius 3 is 2.31 bits per heavy atom. The first kappa shape index (κ1) is 23.3. The quantitative estimate of drug-likeness (QED) is 0.316. The van der Waals surface area contributed by atoms with Crippen molar-refractivity contribution in [3.63, 3.8) is 0 Å². The summed E-state index contributed by atoms with van der Waals surface area (Å²) in [6, 6.07) is 8.11. The third kappa shape index (κ3) is 5.11. The molecule has 1 aromatic heterocycles. The second-order valence-electron chi connectivity index (χ2n) is 7.72. The van der Waals surface area contributed by atoms with Crippen LogP contribution in [0, 0.1) is 13.8 Å². The lowest BCUT2D eigenvalue weighted by molar-refractivity contribution is 0.0599. The number of pyridine rings is 1. The number of rotatable bonds is 5. The number of esters is 1. The van der Waals surface area contributed by atoms with Crippen LogP contribution in [0.25, 0.3) is 0 Å². The topological polar surface area (TPSA) is 99.5 Å². The van der Waals surface area contributed by atoms with Gasteiger partial charge in [-0.2, -0.15) is 0 Å². The van der Waals surface area contributed by atoms with Gasteiger partial charge in [0.15, 0.2) is 0 Å². The molecule has 9 heteroatoms. The lowest BCUT2D eigenvalue weighted by Crippen LogP contribution is -2.52. The van der Waals surface area contributed by atoms with Gasteiger partial charge in [0, 0.05) is 31.9 Å². The first-order valence-electron chi connectivity index (χ1n) is 10.6. The SMILES string of the molecule is CCc1nc(OC)c(N=C(NO)N2CCN(c3cc(C)cc(C)c3)CC2)cc1C(=O)OC. The zero-order chi connectivity index (χ0) is 23.3. The third-order valence-corrected chi connectivity index (χ3v) is 5.46. The molecule has 0 aliphatic carbocycles. The maximum atomic E-state index is 12.2. The van der Waals surface area contributed by atoms with Gasteiger partial charge in [-0.05, 0) is 49.6 Å². The normalized spacial score (nSPS) is 14.4. The Kier molecular flexibility index (Phi) is 7.53. The maximum Gasteiger partial charge on any atom is 0.339 e. The van der Waals surface area contributed by atoms with Crippen LogP contribution in [0.1, 0.15) is 34.1 Å². The molecule has 172 valence electrons. The molecule has 3 rings (SSSR count). The van der Waals surface area contributed by atoms with E-state index in [2.05, 4.69) is 52.4 Å². The summed E-state index contributed by atoms with van der Waals surface area (Å²) in [7, 11) is 2.82. The molecule has 2 aromatic rings. The van der Waals surface area contributed by atoms with Crippen LogP contribution in [0.5, 0.6) is 5.88 Å². The van der Waals surface area contributed by atoms with Gasteiger partial charge in [-0.25, -0.2) is 20.3 Å². The van der Waals surface area contributed by atoms with Gasteiger partial charge in [0.1, 0.15) is 5.69 Å². The van der Waals surface area contributed by atoms with E-state index in [1.54, 1.807) is 6.07 Å². The molecule has 0 spiro atoms. The molecule has 1 aliphatic heterocycles. The molecular formula is C23H31N5O4. The van der Waals surface area contributed by atoms with E-state index >= 15 is 0 Å². The molecule has 1 fully saturated rings. The fourth-order valence-electron chi connectivity index (χ4n) is 3.90. The number of piperazine rings is 1. The number of aliphatic imine (C=N–C) groups is 1. The minimum Gasteiger partial charge on any atom is -0.479 e. The molecule has 1 aromatic carbocycles. The van der Waals surface area contributed by atoms with Crippen molar-refractivity contribution in [3.05, 3.63) is 46.6 Å². The Morgan fingerprint density at radius 1 is 1.12 bits per heavy atom. The summed E-state index contributed by atoms with van der Waals surface area (Å²) in [4.78, 5) is 25.4. The number of carbonyl (C=O) groups excluding carboxylic acids is 1. The summed E-state index contributed by atoms with van der Waals surface area (Å²) in [5.41, 5.74) is 7.08. The molecule has 0 atom stereocenters. The van der Waals surface area contributed by atoms with Gasteiger partial charge in [0.2, 0.25) is 11.8 Å². The summed E-state index contributed by atoms with van der Waals surface area (Å²) in [5, 5.41) is 9.80.